The molecule has 1 atom stereocenters. The van der Waals surface area contributed by atoms with E-state index in [2.05, 4.69) is 10.3 Å². The zero-order valence-electron chi connectivity index (χ0n) is 15.3. The van der Waals surface area contributed by atoms with Gasteiger partial charge in [0, 0.05) is 18.3 Å². The SMILES string of the molecule is O=C1C=CC2=CN([C@@H](CC3CCCCC3)C(=O)Nc3ncc(Cl)s3)CC2=C1F. The van der Waals surface area contributed by atoms with Crippen molar-refractivity contribution in [3.8, 4) is 0 Å². The summed E-state index contributed by atoms with van der Waals surface area (Å²) in [4.78, 5) is 30.7. The number of hydrogen-bond acceptors (Lipinski definition) is 5. The van der Waals surface area contributed by atoms with E-state index in [9.17, 15) is 14.0 Å². The molecule has 0 saturated heterocycles. The molecule has 28 heavy (non-hydrogen) atoms. The van der Waals surface area contributed by atoms with Crippen LogP contribution in [-0.2, 0) is 9.59 Å². The molecule has 0 aromatic carbocycles. The van der Waals surface area contributed by atoms with Crippen molar-refractivity contribution in [1.82, 2.24) is 9.88 Å². The Hall–Kier alpha value is -1.99. The van der Waals surface area contributed by atoms with Gasteiger partial charge in [0.2, 0.25) is 11.7 Å². The number of anilines is 1. The smallest absolute Gasteiger partial charge is 0.248 e. The second-order valence-corrected chi connectivity index (χ2v) is 9.12. The first kappa shape index (κ1) is 19.3. The summed E-state index contributed by atoms with van der Waals surface area (Å²) in [6, 6.07) is -0.451. The average Bonchev–Trinajstić information content (AvgIpc) is 3.30. The van der Waals surface area contributed by atoms with E-state index in [4.69, 9.17) is 11.6 Å². The first-order valence-corrected chi connectivity index (χ1v) is 10.7. The molecule has 0 bridgehead atoms. The minimum atomic E-state index is -0.722. The van der Waals surface area contributed by atoms with Gasteiger partial charge in [0.1, 0.15) is 10.4 Å². The number of carbonyl (C=O) groups excluding carboxylic acids is 2. The molecule has 1 fully saturated rings. The Labute approximate surface area is 172 Å². The number of amides is 1. The van der Waals surface area contributed by atoms with Crippen molar-refractivity contribution in [1.29, 1.82) is 0 Å². The summed E-state index contributed by atoms with van der Waals surface area (Å²) < 4.78 is 14.8. The number of allylic oxidation sites excluding steroid dienone is 3. The molecule has 0 unspecified atom stereocenters. The highest BCUT2D eigenvalue weighted by atomic mass is 35.5. The van der Waals surface area contributed by atoms with E-state index in [0.717, 1.165) is 12.8 Å². The third-order valence-corrected chi connectivity index (χ3v) is 6.61. The lowest BCUT2D eigenvalue weighted by atomic mass is 9.84. The standard InChI is InChI=1S/C20H21ClFN3O2S/c21-17-9-23-20(28-17)24-19(27)15(8-12-4-2-1-3-5-12)25-10-13-6-7-16(26)18(22)14(13)11-25/h6-7,9-10,12,15H,1-5,8,11H2,(H,23,24,27)/t15-/m0/s1. The van der Waals surface area contributed by atoms with Crippen LogP contribution in [-0.4, -0.2) is 34.2 Å². The predicted molar refractivity (Wildman–Crippen MR) is 108 cm³/mol. The molecule has 0 radical (unpaired) electrons. The van der Waals surface area contributed by atoms with Crippen LogP contribution in [0.1, 0.15) is 38.5 Å². The van der Waals surface area contributed by atoms with Crippen molar-refractivity contribution in [2.75, 3.05) is 11.9 Å². The van der Waals surface area contributed by atoms with Crippen molar-refractivity contribution in [3.05, 3.63) is 45.9 Å². The summed E-state index contributed by atoms with van der Waals surface area (Å²) in [5.41, 5.74) is 1.03. The quantitative estimate of drug-likeness (QED) is 0.752. The maximum Gasteiger partial charge on any atom is 0.248 e. The third-order valence-electron chi connectivity index (χ3n) is 5.58. The number of thiazole rings is 1. The third kappa shape index (κ3) is 4.05. The Kier molecular flexibility index (Phi) is 5.64. The van der Waals surface area contributed by atoms with Crippen molar-refractivity contribution < 1.29 is 14.0 Å². The first-order chi connectivity index (χ1) is 13.5. The summed E-state index contributed by atoms with van der Waals surface area (Å²) in [7, 11) is 0. The van der Waals surface area contributed by atoms with Gasteiger partial charge in [-0.1, -0.05) is 55.0 Å². The van der Waals surface area contributed by atoms with Gasteiger partial charge in [-0.2, -0.15) is 0 Å². The summed E-state index contributed by atoms with van der Waals surface area (Å²) in [6.45, 7) is 0.223. The molecule has 4 rings (SSSR count). The Morgan fingerprint density at radius 2 is 2.14 bits per heavy atom. The number of nitrogens with one attached hydrogen (secondary N) is 1. The fourth-order valence-corrected chi connectivity index (χ4v) is 4.95. The zero-order chi connectivity index (χ0) is 19.7. The highest BCUT2D eigenvalue weighted by molar-refractivity contribution is 7.19. The van der Waals surface area contributed by atoms with Crippen LogP contribution >= 0.6 is 22.9 Å². The topological polar surface area (TPSA) is 62.3 Å². The number of halogens is 2. The van der Waals surface area contributed by atoms with E-state index in [1.54, 1.807) is 12.3 Å². The minimum Gasteiger partial charge on any atom is -0.360 e. The maximum atomic E-state index is 14.3. The summed E-state index contributed by atoms with van der Waals surface area (Å²) in [5.74, 6) is -1.05. The Balaban J connectivity index is 1.56. The van der Waals surface area contributed by atoms with Crippen LogP contribution in [0.2, 0.25) is 4.34 Å². The number of aromatic nitrogens is 1. The molecule has 2 aliphatic carbocycles. The van der Waals surface area contributed by atoms with Gasteiger partial charge in [-0.3, -0.25) is 9.59 Å². The highest BCUT2D eigenvalue weighted by Gasteiger charge is 2.35. The largest absolute Gasteiger partial charge is 0.360 e. The molecule has 5 nitrogen and oxygen atoms in total. The van der Waals surface area contributed by atoms with Gasteiger partial charge in [0.05, 0.1) is 6.20 Å². The summed E-state index contributed by atoms with van der Waals surface area (Å²) >= 11 is 7.12. The van der Waals surface area contributed by atoms with Crippen LogP contribution in [0.3, 0.4) is 0 Å². The molecule has 8 heteroatoms. The van der Waals surface area contributed by atoms with Gasteiger partial charge in [-0.25, -0.2) is 9.37 Å². The predicted octanol–water partition coefficient (Wildman–Crippen LogP) is 4.64. The average molecular weight is 422 g/mol. The molecule has 1 amide bonds. The van der Waals surface area contributed by atoms with E-state index in [-0.39, 0.29) is 12.5 Å². The van der Waals surface area contributed by atoms with E-state index < -0.39 is 17.7 Å². The summed E-state index contributed by atoms with van der Waals surface area (Å²) in [5, 5.41) is 3.30. The van der Waals surface area contributed by atoms with Crippen molar-refractivity contribution in [2.45, 2.75) is 44.6 Å². The van der Waals surface area contributed by atoms with E-state index in [1.807, 2.05) is 4.90 Å². The highest BCUT2D eigenvalue weighted by Crippen LogP contribution is 2.35. The number of carbonyl (C=O) groups is 2. The van der Waals surface area contributed by atoms with Gasteiger partial charge in [-0.05, 0) is 30.1 Å². The van der Waals surface area contributed by atoms with Crippen LogP contribution in [0.5, 0.6) is 0 Å². The number of fused-ring (bicyclic) bond motifs is 1. The monoisotopic (exact) mass is 421 g/mol. The number of ketones is 1. The Bertz CT molecular complexity index is 886. The van der Waals surface area contributed by atoms with Crippen molar-refractivity contribution in [2.24, 2.45) is 5.92 Å². The van der Waals surface area contributed by atoms with E-state index >= 15 is 0 Å². The second kappa shape index (κ2) is 8.17. The van der Waals surface area contributed by atoms with Crippen LogP contribution < -0.4 is 5.32 Å². The fraction of sp³-hybridized carbons (Fsp3) is 0.450. The van der Waals surface area contributed by atoms with Crippen LogP contribution in [0.25, 0.3) is 0 Å². The molecule has 148 valence electrons. The van der Waals surface area contributed by atoms with Gasteiger partial charge in [0.25, 0.3) is 0 Å². The number of rotatable bonds is 5. The fourth-order valence-electron chi connectivity index (χ4n) is 4.14. The van der Waals surface area contributed by atoms with Crippen LogP contribution in [0.15, 0.2) is 41.5 Å². The molecule has 1 N–H and O–H groups in total. The van der Waals surface area contributed by atoms with Crippen molar-refractivity contribution >= 4 is 39.8 Å². The van der Waals surface area contributed by atoms with E-state index in [1.165, 1.54) is 42.9 Å². The molecule has 1 saturated carbocycles. The van der Waals surface area contributed by atoms with E-state index in [0.29, 0.717) is 33.0 Å². The first-order valence-electron chi connectivity index (χ1n) is 9.52. The molecular weight excluding hydrogens is 401 g/mol. The number of nitrogens with zero attached hydrogens (tertiary/aromatic N) is 2. The van der Waals surface area contributed by atoms with Crippen molar-refractivity contribution in [3.63, 3.8) is 0 Å². The van der Waals surface area contributed by atoms with Crippen LogP contribution in [0.4, 0.5) is 9.52 Å². The Morgan fingerprint density at radius 1 is 1.36 bits per heavy atom. The molecule has 1 aliphatic heterocycles. The molecule has 1 aromatic rings. The molecule has 1 aromatic heterocycles. The van der Waals surface area contributed by atoms with Gasteiger partial charge < -0.3 is 10.2 Å². The normalized spacial score (nSPS) is 21.0. The van der Waals surface area contributed by atoms with Gasteiger partial charge in [0.15, 0.2) is 11.0 Å². The Morgan fingerprint density at radius 3 is 2.86 bits per heavy atom. The van der Waals surface area contributed by atoms with Gasteiger partial charge >= 0.3 is 0 Å². The lowest BCUT2D eigenvalue weighted by Gasteiger charge is -2.31. The zero-order valence-corrected chi connectivity index (χ0v) is 16.9. The maximum absolute atomic E-state index is 14.3. The van der Waals surface area contributed by atoms with Crippen LogP contribution in [0, 0.1) is 5.92 Å². The molecule has 0 spiro atoms. The minimum absolute atomic E-state index is 0.177. The lowest BCUT2D eigenvalue weighted by Crippen LogP contribution is -2.42. The number of hydrogen-bond donors (Lipinski definition) is 1. The second-order valence-electron chi connectivity index (χ2n) is 7.46. The summed E-state index contributed by atoms with van der Waals surface area (Å²) in [6.07, 6.45) is 12.7. The van der Waals surface area contributed by atoms with Gasteiger partial charge in [-0.15, -0.1) is 0 Å². The lowest BCUT2D eigenvalue weighted by molar-refractivity contribution is -0.120. The molecule has 3 aliphatic rings. The molecule has 2 heterocycles. The molecular formula is C20H21ClFN3O2S.